The average Bonchev–Trinajstić information content (AvgIpc) is 2.57. The number of unbranched alkanes of at least 4 members (excludes halogenated alkanes) is 16. The van der Waals surface area contributed by atoms with Crippen LogP contribution in [0.25, 0.3) is 0 Å². The van der Waals surface area contributed by atoms with Crippen molar-refractivity contribution in [1.29, 1.82) is 0 Å². The lowest BCUT2D eigenvalue weighted by molar-refractivity contribution is 0.302. The molecular formula is C22H44O. The van der Waals surface area contributed by atoms with Crippen LogP contribution in [0.15, 0.2) is 12.2 Å². The Morgan fingerprint density at radius 3 is 1.22 bits per heavy atom. The Bertz CT molecular complexity index is 222. The minimum atomic E-state index is 0.287. The molecule has 138 valence electrons. The van der Waals surface area contributed by atoms with E-state index < -0.39 is 0 Å². The van der Waals surface area contributed by atoms with E-state index in [1.165, 1.54) is 109 Å². The van der Waals surface area contributed by atoms with Gasteiger partial charge in [0.2, 0.25) is 0 Å². The van der Waals surface area contributed by atoms with E-state index >= 15 is 0 Å². The fraction of sp³-hybridized carbons (Fsp3) is 0.909. The number of aliphatic hydroxyl groups excluding tert-OH is 1. The molecule has 0 atom stereocenters. The highest BCUT2D eigenvalue weighted by Crippen LogP contribution is 2.14. The molecule has 1 heteroatoms. The average molecular weight is 325 g/mol. The van der Waals surface area contributed by atoms with Gasteiger partial charge < -0.3 is 5.11 Å². The molecule has 0 saturated carbocycles. The fourth-order valence-corrected chi connectivity index (χ4v) is 3.12. The van der Waals surface area contributed by atoms with Gasteiger partial charge >= 0.3 is 0 Å². The number of hydrogen-bond donors (Lipinski definition) is 1. The molecule has 0 aromatic rings. The summed E-state index contributed by atoms with van der Waals surface area (Å²) < 4.78 is 0. The molecule has 0 aromatic heterocycles. The molecule has 0 saturated heterocycles. The Kier molecular flexibility index (Phi) is 21.4. The highest BCUT2D eigenvalue weighted by atomic mass is 16.2. The van der Waals surface area contributed by atoms with Crippen molar-refractivity contribution in [3.63, 3.8) is 0 Å². The molecule has 0 rings (SSSR count). The van der Waals surface area contributed by atoms with Crippen molar-refractivity contribution >= 4 is 0 Å². The number of rotatable bonds is 19. The van der Waals surface area contributed by atoms with Gasteiger partial charge in [0.15, 0.2) is 0 Å². The Labute approximate surface area is 147 Å². The summed E-state index contributed by atoms with van der Waals surface area (Å²) in [6.07, 6.45) is 29.3. The molecule has 0 radical (unpaired) electrons. The standard InChI is InChI=1S/C22H44O/c1-2-3-4-5-6-7-8-9-10-11-12-13-14-15-16-17-18-19-20-21-22-23/h19-20,23H,2-18,21-22H2,1H3/b20-19-. The molecule has 0 aliphatic heterocycles. The van der Waals surface area contributed by atoms with Gasteiger partial charge in [-0.05, 0) is 19.3 Å². The first-order valence-electron chi connectivity index (χ1n) is 10.7. The van der Waals surface area contributed by atoms with Crippen molar-refractivity contribution in [3.8, 4) is 0 Å². The summed E-state index contributed by atoms with van der Waals surface area (Å²) in [4.78, 5) is 0. The number of aliphatic hydroxyl groups is 1. The van der Waals surface area contributed by atoms with E-state index in [0.29, 0.717) is 0 Å². The fourth-order valence-electron chi connectivity index (χ4n) is 3.12. The third-order valence-electron chi connectivity index (χ3n) is 4.69. The zero-order valence-electron chi connectivity index (χ0n) is 16.0. The van der Waals surface area contributed by atoms with E-state index in [2.05, 4.69) is 19.1 Å². The lowest BCUT2D eigenvalue weighted by Gasteiger charge is -2.03. The maximum atomic E-state index is 8.66. The lowest BCUT2D eigenvalue weighted by Crippen LogP contribution is -1.83. The molecule has 0 bridgehead atoms. The molecular weight excluding hydrogens is 280 g/mol. The first-order valence-corrected chi connectivity index (χ1v) is 10.7. The Morgan fingerprint density at radius 1 is 0.478 bits per heavy atom. The molecule has 0 unspecified atom stereocenters. The molecule has 0 heterocycles. The van der Waals surface area contributed by atoms with E-state index in [4.69, 9.17) is 5.11 Å². The SMILES string of the molecule is CCCCCCCCCCCCCCCCCC/C=C\CCO. The highest BCUT2D eigenvalue weighted by Gasteiger charge is 1.94. The first kappa shape index (κ1) is 22.7. The van der Waals surface area contributed by atoms with Gasteiger partial charge in [-0.25, -0.2) is 0 Å². The Hall–Kier alpha value is -0.300. The second-order valence-corrected chi connectivity index (χ2v) is 7.08. The maximum absolute atomic E-state index is 8.66. The van der Waals surface area contributed by atoms with Crippen LogP contribution in [0.2, 0.25) is 0 Å². The zero-order chi connectivity index (χ0) is 16.8. The van der Waals surface area contributed by atoms with Crippen LogP contribution in [-0.2, 0) is 0 Å². The summed E-state index contributed by atoms with van der Waals surface area (Å²) in [7, 11) is 0. The van der Waals surface area contributed by atoms with Gasteiger partial charge in [0.1, 0.15) is 0 Å². The molecule has 0 spiro atoms. The van der Waals surface area contributed by atoms with E-state index in [1.54, 1.807) is 0 Å². The van der Waals surface area contributed by atoms with Crippen molar-refractivity contribution in [2.75, 3.05) is 6.61 Å². The minimum absolute atomic E-state index is 0.287. The molecule has 1 N–H and O–H groups in total. The lowest BCUT2D eigenvalue weighted by atomic mass is 10.0. The number of allylic oxidation sites excluding steroid dienone is 1. The van der Waals surface area contributed by atoms with Gasteiger partial charge in [-0.2, -0.15) is 0 Å². The van der Waals surface area contributed by atoms with Crippen molar-refractivity contribution in [1.82, 2.24) is 0 Å². The molecule has 0 aromatic carbocycles. The third-order valence-corrected chi connectivity index (χ3v) is 4.69. The van der Waals surface area contributed by atoms with Crippen molar-refractivity contribution < 1.29 is 5.11 Å². The van der Waals surface area contributed by atoms with Crippen LogP contribution in [0.3, 0.4) is 0 Å². The third kappa shape index (κ3) is 21.7. The van der Waals surface area contributed by atoms with E-state index in [9.17, 15) is 0 Å². The highest BCUT2D eigenvalue weighted by molar-refractivity contribution is 4.80. The van der Waals surface area contributed by atoms with Crippen LogP contribution < -0.4 is 0 Å². The predicted molar refractivity (Wildman–Crippen MR) is 105 cm³/mol. The van der Waals surface area contributed by atoms with E-state index in [-0.39, 0.29) is 6.61 Å². The maximum Gasteiger partial charge on any atom is 0.0465 e. The Balaban J connectivity index is 2.97. The quantitative estimate of drug-likeness (QED) is 0.192. The van der Waals surface area contributed by atoms with E-state index in [1.807, 2.05) is 0 Å². The Morgan fingerprint density at radius 2 is 0.826 bits per heavy atom. The number of hydrogen-bond acceptors (Lipinski definition) is 1. The van der Waals surface area contributed by atoms with E-state index in [0.717, 1.165) is 6.42 Å². The summed E-state index contributed by atoms with van der Waals surface area (Å²) >= 11 is 0. The van der Waals surface area contributed by atoms with Crippen molar-refractivity contribution in [3.05, 3.63) is 12.2 Å². The molecule has 0 aliphatic carbocycles. The predicted octanol–water partition coefficient (Wildman–Crippen LogP) is 7.58. The van der Waals surface area contributed by atoms with Gasteiger partial charge in [-0.15, -0.1) is 0 Å². The molecule has 0 amide bonds. The van der Waals surface area contributed by atoms with Crippen LogP contribution in [0, 0.1) is 0 Å². The van der Waals surface area contributed by atoms with Crippen molar-refractivity contribution in [2.45, 2.75) is 122 Å². The van der Waals surface area contributed by atoms with Crippen LogP contribution >= 0.6 is 0 Å². The minimum Gasteiger partial charge on any atom is -0.396 e. The largest absolute Gasteiger partial charge is 0.396 e. The topological polar surface area (TPSA) is 20.2 Å². The normalized spacial score (nSPS) is 11.6. The van der Waals surface area contributed by atoms with Crippen molar-refractivity contribution in [2.24, 2.45) is 0 Å². The molecule has 0 fully saturated rings. The molecule has 0 aliphatic rings. The summed E-state index contributed by atoms with van der Waals surface area (Å²) in [6.45, 7) is 2.58. The van der Waals surface area contributed by atoms with Gasteiger partial charge in [0.05, 0.1) is 0 Å². The van der Waals surface area contributed by atoms with Crippen LogP contribution in [0.4, 0.5) is 0 Å². The molecule has 23 heavy (non-hydrogen) atoms. The monoisotopic (exact) mass is 324 g/mol. The first-order chi connectivity index (χ1) is 11.4. The zero-order valence-corrected chi connectivity index (χ0v) is 16.0. The van der Waals surface area contributed by atoms with Gasteiger partial charge in [0.25, 0.3) is 0 Å². The summed E-state index contributed by atoms with van der Waals surface area (Å²) in [6, 6.07) is 0. The van der Waals surface area contributed by atoms with Gasteiger partial charge in [-0.3, -0.25) is 0 Å². The van der Waals surface area contributed by atoms with Crippen LogP contribution in [0.1, 0.15) is 122 Å². The second kappa shape index (κ2) is 21.7. The van der Waals surface area contributed by atoms with Crippen LogP contribution in [0.5, 0.6) is 0 Å². The van der Waals surface area contributed by atoms with Crippen LogP contribution in [-0.4, -0.2) is 11.7 Å². The summed E-state index contributed by atoms with van der Waals surface area (Å²) in [5.41, 5.74) is 0. The smallest absolute Gasteiger partial charge is 0.0465 e. The van der Waals surface area contributed by atoms with Gasteiger partial charge in [-0.1, -0.05) is 115 Å². The molecule has 1 nitrogen and oxygen atoms in total. The summed E-state index contributed by atoms with van der Waals surface area (Å²) in [5.74, 6) is 0. The summed E-state index contributed by atoms with van der Waals surface area (Å²) in [5, 5.41) is 8.66. The van der Waals surface area contributed by atoms with Gasteiger partial charge in [0, 0.05) is 6.61 Å². The second-order valence-electron chi connectivity index (χ2n) is 7.08.